The van der Waals surface area contributed by atoms with Gasteiger partial charge in [0, 0.05) is 24.8 Å². The topological polar surface area (TPSA) is 15.3 Å². The molecule has 1 aromatic carbocycles. The molecule has 2 nitrogen and oxygen atoms in total. The predicted molar refractivity (Wildman–Crippen MR) is 79.4 cm³/mol. The molecule has 0 aromatic heterocycles. The van der Waals surface area contributed by atoms with Crippen LogP contribution >= 0.6 is 0 Å². The largest absolute Gasteiger partial charge is 0.370 e. The van der Waals surface area contributed by atoms with Crippen LogP contribution in [0, 0.1) is 19.3 Å². The van der Waals surface area contributed by atoms with E-state index in [1.165, 1.54) is 23.2 Å². The lowest BCUT2D eigenvalue weighted by Crippen LogP contribution is -2.54. The molecule has 0 aliphatic carbocycles. The van der Waals surface area contributed by atoms with Crippen LogP contribution in [-0.2, 0) is 0 Å². The highest BCUT2D eigenvalue weighted by molar-refractivity contribution is 5.56. The van der Waals surface area contributed by atoms with Crippen molar-refractivity contribution in [3.63, 3.8) is 0 Å². The predicted octanol–water partition coefficient (Wildman–Crippen LogP) is 3.13. The summed E-state index contributed by atoms with van der Waals surface area (Å²) in [7, 11) is 2.08. The number of nitrogens with one attached hydrogen (secondary N) is 1. The zero-order valence-electron chi connectivity index (χ0n) is 12.4. The molecule has 1 fully saturated rings. The maximum absolute atomic E-state index is 3.49. The van der Waals surface area contributed by atoms with Crippen molar-refractivity contribution >= 4 is 5.69 Å². The molecule has 1 heterocycles. The van der Waals surface area contributed by atoms with Gasteiger partial charge < -0.3 is 10.2 Å². The smallest absolute Gasteiger partial charge is 0.0399 e. The van der Waals surface area contributed by atoms with Gasteiger partial charge in [0.2, 0.25) is 0 Å². The second-order valence-corrected chi connectivity index (χ2v) is 6.24. The standard InChI is InChI=1S/C16H26N2/c1-12-7-6-8-14(13(12)2)18-10-9-16(3,4)15(11-18)17-5/h6-8,15,17H,9-11H2,1-5H3. The van der Waals surface area contributed by atoms with Crippen LogP contribution in [0.4, 0.5) is 5.69 Å². The fourth-order valence-corrected chi connectivity index (χ4v) is 2.94. The van der Waals surface area contributed by atoms with Gasteiger partial charge in [-0.15, -0.1) is 0 Å². The average Bonchev–Trinajstić information content (AvgIpc) is 2.33. The Bertz CT molecular complexity index is 423. The zero-order valence-corrected chi connectivity index (χ0v) is 12.4. The Labute approximate surface area is 111 Å². The number of aryl methyl sites for hydroxylation is 1. The minimum atomic E-state index is 0.392. The number of hydrogen-bond acceptors (Lipinski definition) is 2. The maximum atomic E-state index is 3.49. The molecule has 1 aliphatic heterocycles. The minimum absolute atomic E-state index is 0.392. The Balaban J connectivity index is 2.23. The van der Waals surface area contributed by atoms with Gasteiger partial charge in [-0.1, -0.05) is 26.0 Å². The zero-order chi connectivity index (χ0) is 13.3. The summed E-state index contributed by atoms with van der Waals surface area (Å²) in [5.41, 5.74) is 4.61. The third-order valence-electron chi connectivity index (χ3n) is 4.64. The van der Waals surface area contributed by atoms with E-state index >= 15 is 0 Å². The molecule has 0 spiro atoms. The second kappa shape index (κ2) is 4.93. The molecule has 1 unspecified atom stereocenters. The molecule has 1 aromatic rings. The van der Waals surface area contributed by atoms with Gasteiger partial charge in [-0.2, -0.15) is 0 Å². The SMILES string of the molecule is CNC1CN(c2cccc(C)c2C)CCC1(C)C. The molecule has 2 rings (SSSR count). The van der Waals surface area contributed by atoms with E-state index in [1.54, 1.807) is 0 Å². The lowest BCUT2D eigenvalue weighted by atomic mass is 9.78. The van der Waals surface area contributed by atoms with E-state index in [-0.39, 0.29) is 0 Å². The molecule has 1 N–H and O–H groups in total. The summed E-state index contributed by atoms with van der Waals surface area (Å²) >= 11 is 0. The van der Waals surface area contributed by atoms with Gasteiger partial charge in [0.25, 0.3) is 0 Å². The monoisotopic (exact) mass is 246 g/mol. The normalized spacial score (nSPS) is 23.2. The lowest BCUT2D eigenvalue weighted by molar-refractivity contribution is 0.208. The van der Waals surface area contributed by atoms with Crippen molar-refractivity contribution < 1.29 is 0 Å². The van der Waals surface area contributed by atoms with E-state index in [0.717, 1.165) is 13.1 Å². The van der Waals surface area contributed by atoms with Gasteiger partial charge >= 0.3 is 0 Å². The van der Waals surface area contributed by atoms with E-state index < -0.39 is 0 Å². The molecule has 18 heavy (non-hydrogen) atoms. The molecule has 1 atom stereocenters. The van der Waals surface area contributed by atoms with E-state index in [2.05, 4.69) is 63.2 Å². The second-order valence-electron chi connectivity index (χ2n) is 6.24. The number of nitrogens with zero attached hydrogens (tertiary/aromatic N) is 1. The fraction of sp³-hybridized carbons (Fsp3) is 0.625. The molecular formula is C16H26N2. The Morgan fingerprint density at radius 2 is 2.00 bits per heavy atom. The lowest BCUT2D eigenvalue weighted by Gasteiger charge is -2.45. The van der Waals surface area contributed by atoms with E-state index in [4.69, 9.17) is 0 Å². The molecule has 0 saturated carbocycles. The highest BCUT2D eigenvalue weighted by Gasteiger charge is 2.34. The van der Waals surface area contributed by atoms with Crippen LogP contribution in [0.2, 0.25) is 0 Å². The maximum Gasteiger partial charge on any atom is 0.0399 e. The first-order valence-electron chi connectivity index (χ1n) is 6.94. The van der Waals surface area contributed by atoms with Crippen molar-refractivity contribution in [1.29, 1.82) is 0 Å². The molecule has 0 amide bonds. The highest BCUT2D eigenvalue weighted by atomic mass is 15.2. The van der Waals surface area contributed by atoms with Gasteiger partial charge in [0.1, 0.15) is 0 Å². The van der Waals surface area contributed by atoms with E-state index in [1.807, 2.05) is 0 Å². The number of benzene rings is 1. The number of hydrogen-bond donors (Lipinski definition) is 1. The molecule has 1 aliphatic rings. The molecule has 100 valence electrons. The summed E-state index contributed by atoms with van der Waals surface area (Å²) in [4.78, 5) is 2.54. The van der Waals surface area contributed by atoms with Gasteiger partial charge in [-0.25, -0.2) is 0 Å². The van der Waals surface area contributed by atoms with Crippen molar-refractivity contribution in [1.82, 2.24) is 5.32 Å². The van der Waals surface area contributed by atoms with Gasteiger partial charge in [0.05, 0.1) is 0 Å². The number of likely N-dealkylation sites (N-methyl/N-ethyl adjacent to an activating group) is 1. The van der Waals surface area contributed by atoms with Crippen LogP contribution in [0.3, 0.4) is 0 Å². The van der Waals surface area contributed by atoms with E-state index in [9.17, 15) is 0 Å². The van der Waals surface area contributed by atoms with Crippen molar-refractivity contribution in [2.45, 2.75) is 40.2 Å². The van der Waals surface area contributed by atoms with Crippen LogP contribution in [0.15, 0.2) is 18.2 Å². The number of piperidine rings is 1. The van der Waals surface area contributed by atoms with Crippen LogP contribution in [0.1, 0.15) is 31.4 Å². The number of rotatable bonds is 2. The van der Waals surface area contributed by atoms with Crippen molar-refractivity contribution in [2.24, 2.45) is 5.41 Å². The summed E-state index contributed by atoms with van der Waals surface area (Å²) in [6.07, 6.45) is 1.24. The summed E-state index contributed by atoms with van der Waals surface area (Å²) in [6.45, 7) is 11.4. The fourth-order valence-electron chi connectivity index (χ4n) is 2.94. The number of anilines is 1. The first kappa shape index (κ1) is 13.4. The third-order valence-corrected chi connectivity index (χ3v) is 4.64. The Hall–Kier alpha value is -1.02. The Morgan fingerprint density at radius 3 is 2.67 bits per heavy atom. The van der Waals surface area contributed by atoms with Crippen LogP contribution in [0.25, 0.3) is 0 Å². The third kappa shape index (κ3) is 2.39. The molecular weight excluding hydrogens is 220 g/mol. The first-order valence-corrected chi connectivity index (χ1v) is 6.94. The average molecular weight is 246 g/mol. The van der Waals surface area contributed by atoms with Crippen molar-refractivity contribution in [2.75, 3.05) is 25.0 Å². The summed E-state index contributed by atoms with van der Waals surface area (Å²) in [5, 5.41) is 3.49. The summed E-state index contributed by atoms with van der Waals surface area (Å²) in [6, 6.07) is 7.19. The quantitative estimate of drug-likeness (QED) is 0.862. The minimum Gasteiger partial charge on any atom is -0.370 e. The van der Waals surface area contributed by atoms with Gasteiger partial charge in [-0.3, -0.25) is 0 Å². The van der Waals surface area contributed by atoms with Crippen LogP contribution in [0.5, 0.6) is 0 Å². The van der Waals surface area contributed by atoms with E-state index in [0.29, 0.717) is 11.5 Å². The van der Waals surface area contributed by atoms with Crippen molar-refractivity contribution in [3.8, 4) is 0 Å². The van der Waals surface area contributed by atoms with Gasteiger partial charge in [-0.05, 0) is 49.9 Å². The Morgan fingerprint density at radius 1 is 1.28 bits per heavy atom. The van der Waals surface area contributed by atoms with Crippen LogP contribution in [-0.4, -0.2) is 26.2 Å². The van der Waals surface area contributed by atoms with Crippen LogP contribution < -0.4 is 10.2 Å². The van der Waals surface area contributed by atoms with Gasteiger partial charge in [0.15, 0.2) is 0 Å². The summed E-state index contributed by atoms with van der Waals surface area (Å²) < 4.78 is 0. The first-order chi connectivity index (χ1) is 8.45. The molecule has 1 saturated heterocycles. The molecule has 0 bridgehead atoms. The molecule has 0 radical (unpaired) electrons. The Kier molecular flexibility index (Phi) is 3.67. The van der Waals surface area contributed by atoms with Crippen molar-refractivity contribution in [3.05, 3.63) is 29.3 Å². The summed E-state index contributed by atoms with van der Waals surface area (Å²) in [5.74, 6) is 0. The highest BCUT2D eigenvalue weighted by Crippen LogP contribution is 2.34. The molecule has 2 heteroatoms.